The summed E-state index contributed by atoms with van der Waals surface area (Å²) in [6.45, 7) is 5.04. The van der Waals surface area contributed by atoms with Gasteiger partial charge in [0.15, 0.2) is 12.2 Å². The zero-order valence-corrected chi connectivity index (χ0v) is 71.2. The Kier molecular flexibility index (Phi) is 79.6. The summed E-state index contributed by atoms with van der Waals surface area (Å²) < 4.78 is 68.8. The molecule has 2 unspecified atom stereocenters. The number of ether oxygens (including phenoxy) is 4. The first-order valence-corrected chi connectivity index (χ1v) is 48.3. The molecule has 630 valence electrons. The van der Waals surface area contributed by atoms with Crippen molar-refractivity contribution in [3.05, 3.63) is 0 Å². The molecular weight excluding hydrogens is 1380 g/mol. The van der Waals surface area contributed by atoms with Crippen LogP contribution in [0.15, 0.2) is 0 Å². The summed E-state index contributed by atoms with van der Waals surface area (Å²) in [4.78, 5) is 73.1. The molecule has 0 aromatic carbocycles. The maximum atomic E-state index is 13.2. The third-order valence-corrected chi connectivity index (χ3v) is 22.5. The van der Waals surface area contributed by atoms with Crippen LogP contribution in [0.2, 0.25) is 0 Å². The van der Waals surface area contributed by atoms with Crippen molar-refractivity contribution in [3.63, 3.8) is 0 Å². The molecule has 0 aliphatic carbocycles. The van der Waals surface area contributed by atoms with Gasteiger partial charge in [-0.25, -0.2) is 9.13 Å². The van der Waals surface area contributed by atoms with Gasteiger partial charge < -0.3 is 33.8 Å². The lowest BCUT2D eigenvalue weighted by Gasteiger charge is -2.21. The minimum atomic E-state index is -4.97. The monoisotopic (exact) mass is 1550 g/mol. The number of rotatable bonds is 88. The summed E-state index contributed by atoms with van der Waals surface area (Å²) in [5, 5.41) is 10.7. The number of hydrogen-bond donors (Lipinski definition) is 3. The van der Waals surface area contributed by atoms with Crippen LogP contribution in [-0.2, 0) is 65.4 Å². The highest BCUT2D eigenvalue weighted by Gasteiger charge is 2.30. The molecule has 0 bridgehead atoms. The van der Waals surface area contributed by atoms with E-state index in [0.717, 1.165) is 89.9 Å². The maximum Gasteiger partial charge on any atom is 0.472 e. The van der Waals surface area contributed by atoms with Crippen molar-refractivity contribution in [2.45, 2.75) is 495 Å². The van der Waals surface area contributed by atoms with E-state index in [2.05, 4.69) is 27.7 Å². The Morgan fingerprint density at radius 1 is 0.226 bits per heavy atom. The fourth-order valence-corrected chi connectivity index (χ4v) is 15.3. The van der Waals surface area contributed by atoms with E-state index in [1.807, 2.05) is 0 Å². The van der Waals surface area contributed by atoms with Gasteiger partial charge in [0.2, 0.25) is 0 Å². The largest absolute Gasteiger partial charge is 0.472 e. The van der Waals surface area contributed by atoms with E-state index >= 15 is 0 Å². The number of phosphoric acid groups is 2. The Hall–Kier alpha value is -1.94. The Balaban J connectivity index is 5.17. The number of phosphoric ester groups is 2. The van der Waals surface area contributed by atoms with Crippen LogP contribution in [0.1, 0.15) is 477 Å². The molecule has 0 aromatic rings. The van der Waals surface area contributed by atoms with E-state index in [9.17, 15) is 43.2 Å². The number of aliphatic hydroxyl groups excluding tert-OH is 1. The second-order valence-corrected chi connectivity index (χ2v) is 34.2. The average molecular weight is 1550 g/mol. The molecule has 0 radical (unpaired) electrons. The van der Waals surface area contributed by atoms with Crippen molar-refractivity contribution >= 4 is 39.5 Å². The lowest BCUT2D eigenvalue weighted by atomic mass is 10.0. The maximum absolute atomic E-state index is 13.2. The highest BCUT2D eigenvalue weighted by Crippen LogP contribution is 2.45. The van der Waals surface area contributed by atoms with Gasteiger partial charge in [-0.3, -0.25) is 37.3 Å². The second-order valence-electron chi connectivity index (χ2n) is 31.3. The van der Waals surface area contributed by atoms with Gasteiger partial charge in [-0.2, -0.15) is 0 Å². The van der Waals surface area contributed by atoms with Crippen molar-refractivity contribution < 1.29 is 80.2 Å². The van der Waals surface area contributed by atoms with E-state index < -0.39 is 97.5 Å². The molecule has 19 heteroatoms. The predicted octanol–water partition coefficient (Wildman–Crippen LogP) is 26.9. The molecule has 106 heavy (non-hydrogen) atoms. The lowest BCUT2D eigenvalue weighted by Crippen LogP contribution is -2.30. The van der Waals surface area contributed by atoms with Crippen molar-refractivity contribution in [2.75, 3.05) is 39.6 Å². The van der Waals surface area contributed by atoms with Crippen molar-refractivity contribution in [1.29, 1.82) is 0 Å². The molecule has 5 atom stereocenters. The van der Waals surface area contributed by atoms with Gasteiger partial charge in [0, 0.05) is 25.7 Å². The minimum absolute atomic E-state index is 0.108. The van der Waals surface area contributed by atoms with Crippen LogP contribution >= 0.6 is 15.6 Å². The molecule has 0 fully saturated rings. The molecular formula is C87H170O17P2. The minimum Gasteiger partial charge on any atom is -0.462 e. The smallest absolute Gasteiger partial charge is 0.462 e. The van der Waals surface area contributed by atoms with Gasteiger partial charge in [0.1, 0.15) is 19.3 Å². The Labute approximate surface area is 651 Å². The second kappa shape index (κ2) is 81.1. The van der Waals surface area contributed by atoms with Crippen LogP contribution in [0.3, 0.4) is 0 Å². The highest BCUT2D eigenvalue weighted by atomic mass is 31.2. The molecule has 0 saturated carbocycles. The van der Waals surface area contributed by atoms with Gasteiger partial charge in [-0.1, -0.05) is 426 Å². The van der Waals surface area contributed by atoms with E-state index in [1.54, 1.807) is 0 Å². The van der Waals surface area contributed by atoms with Crippen LogP contribution in [0.4, 0.5) is 0 Å². The van der Waals surface area contributed by atoms with E-state index in [-0.39, 0.29) is 25.7 Å². The van der Waals surface area contributed by atoms with Crippen LogP contribution in [-0.4, -0.2) is 96.7 Å². The number of hydrogen-bond acceptors (Lipinski definition) is 15. The quantitative estimate of drug-likeness (QED) is 0.0222. The van der Waals surface area contributed by atoms with Gasteiger partial charge in [-0.15, -0.1) is 0 Å². The first-order valence-electron chi connectivity index (χ1n) is 45.3. The number of unbranched alkanes of at least 4 members (excludes halogenated alkanes) is 62. The molecule has 0 aliphatic heterocycles. The SMILES string of the molecule is CCCCCCCCCCCCCCCCCCCCCCCCC(=O)OC[C@H](COP(=O)(O)OC[C@@H](O)COP(=O)(O)OC[C@@H](COC(=O)CCCCCCCCCCCC)OC(=O)CCCCCCCCCCCCCC)OC(=O)CCCCCCCCCCCCCCCCCCCCCCCC. The fourth-order valence-electron chi connectivity index (χ4n) is 13.7. The zero-order valence-electron chi connectivity index (χ0n) is 69.4. The zero-order chi connectivity index (χ0) is 77.4. The average Bonchev–Trinajstić information content (AvgIpc) is 0.906. The molecule has 3 N–H and O–H groups in total. The summed E-state index contributed by atoms with van der Waals surface area (Å²) in [6.07, 6.45) is 76.6. The van der Waals surface area contributed by atoms with Gasteiger partial charge in [0.05, 0.1) is 26.4 Å². The van der Waals surface area contributed by atoms with Crippen LogP contribution in [0.5, 0.6) is 0 Å². The molecule has 0 rings (SSSR count). The standard InChI is InChI=1S/C87H170O17P2/c1-5-9-13-17-21-25-29-32-34-36-38-40-42-44-46-48-50-53-56-60-64-68-72-85(90)98-78-83(104-87(92)74-70-66-62-58-54-51-49-47-45-43-41-39-37-35-33-30-26-22-18-14-10-6-2)80-102-106(95,96)100-76-81(88)75-99-105(93,94)101-79-82(77-97-84(89)71-67-63-59-55-28-24-20-16-12-8-4)103-86(91)73-69-65-61-57-52-31-27-23-19-15-11-7-3/h81-83,88H,5-80H2,1-4H3,(H,93,94)(H,95,96)/t81-,82+,83+/m0/s1. The molecule has 0 spiro atoms. The molecule has 0 aliphatic rings. The lowest BCUT2D eigenvalue weighted by molar-refractivity contribution is -0.161. The van der Waals surface area contributed by atoms with E-state index in [1.165, 1.54) is 308 Å². The summed E-state index contributed by atoms with van der Waals surface area (Å²) in [5.74, 6) is -2.10. The Morgan fingerprint density at radius 3 is 0.557 bits per heavy atom. The third-order valence-electron chi connectivity index (χ3n) is 20.6. The number of esters is 4. The van der Waals surface area contributed by atoms with Gasteiger partial charge in [0.25, 0.3) is 0 Å². The highest BCUT2D eigenvalue weighted by molar-refractivity contribution is 7.47. The normalized spacial score (nSPS) is 13.7. The summed E-state index contributed by atoms with van der Waals surface area (Å²) in [5.41, 5.74) is 0. The Bertz CT molecular complexity index is 2000. The summed E-state index contributed by atoms with van der Waals surface area (Å²) in [7, 11) is -9.92. The number of carbonyl (C=O) groups is 4. The molecule has 0 amide bonds. The molecule has 0 heterocycles. The predicted molar refractivity (Wildman–Crippen MR) is 437 cm³/mol. The molecule has 0 aromatic heterocycles. The molecule has 0 saturated heterocycles. The third kappa shape index (κ3) is 80.1. The van der Waals surface area contributed by atoms with E-state index in [4.69, 9.17) is 37.0 Å². The number of carbonyl (C=O) groups excluding carboxylic acids is 4. The summed E-state index contributed by atoms with van der Waals surface area (Å²) in [6, 6.07) is 0. The van der Waals surface area contributed by atoms with Crippen LogP contribution < -0.4 is 0 Å². The first-order chi connectivity index (χ1) is 51.7. The van der Waals surface area contributed by atoms with Crippen molar-refractivity contribution in [3.8, 4) is 0 Å². The summed E-state index contributed by atoms with van der Waals surface area (Å²) >= 11 is 0. The number of aliphatic hydroxyl groups is 1. The van der Waals surface area contributed by atoms with Crippen LogP contribution in [0.25, 0.3) is 0 Å². The fraction of sp³-hybridized carbons (Fsp3) is 0.954. The van der Waals surface area contributed by atoms with Gasteiger partial charge in [-0.05, 0) is 25.7 Å². The first kappa shape index (κ1) is 104. The van der Waals surface area contributed by atoms with Crippen molar-refractivity contribution in [2.24, 2.45) is 0 Å². The van der Waals surface area contributed by atoms with E-state index in [0.29, 0.717) is 25.7 Å². The van der Waals surface area contributed by atoms with Crippen LogP contribution in [0, 0.1) is 0 Å². The Morgan fingerprint density at radius 2 is 0.377 bits per heavy atom. The topological polar surface area (TPSA) is 237 Å². The van der Waals surface area contributed by atoms with Gasteiger partial charge >= 0.3 is 39.5 Å². The molecule has 17 nitrogen and oxygen atoms in total. The van der Waals surface area contributed by atoms with Crippen molar-refractivity contribution in [1.82, 2.24) is 0 Å².